The number of nitrogens with zero attached hydrogens (tertiary/aromatic N) is 3. The smallest absolute Gasteiger partial charge is 0.243 e. The van der Waals surface area contributed by atoms with Crippen molar-refractivity contribution >= 4 is 21.8 Å². The first kappa shape index (κ1) is 20.8. The first-order chi connectivity index (χ1) is 13.2. The summed E-state index contributed by atoms with van der Waals surface area (Å²) in [5.74, 6) is -0.142. The van der Waals surface area contributed by atoms with Crippen LogP contribution in [0.4, 0.5) is 0 Å². The van der Waals surface area contributed by atoms with Crippen LogP contribution in [0.15, 0.2) is 23.1 Å². The first-order valence-electron chi connectivity index (χ1n) is 9.82. The van der Waals surface area contributed by atoms with E-state index in [-0.39, 0.29) is 17.7 Å². The van der Waals surface area contributed by atoms with Gasteiger partial charge in [0.05, 0.1) is 10.8 Å². The lowest BCUT2D eigenvalue weighted by atomic mass is 9.96. The van der Waals surface area contributed by atoms with Crippen LogP contribution in [-0.2, 0) is 19.6 Å². The summed E-state index contributed by atoms with van der Waals surface area (Å²) in [6, 6.07) is 5.18. The standard InChI is InChI=1S/C20H29N3O4S/c1-15-6-7-19(13-16(15)2)28(26,27)23-11-9-21(10-12-23)20(25)18-5-4-8-22(14-18)17(3)24/h6-7,13,18H,4-5,8-12,14H2,1-3H3/t18-/m0/s1. The second-order valence-electron chi connectivity index (χ2n) is 7.78. The molecule has 0 N–H and O–H groups in total. The molecule has 2 saturated heterocycles. The third-order valence-electron chi connectivity index (χ3n) is 5.88. The molecule has 154 valence electrons. The van der Waals surface area contributed by atoms with Gasteiger partial charge < -0.3 is 9.80 Å². The van der Waals surface area contributed by atoms with Gasteiger partial charge in [0.25, 0.3) is 0 Å². The minimum atomic E-state index is -3.55. The molecule has 2 heterocycles. The van der Waals surface area contributed by atoms with Crippen molar-refractivity contribution in [2.45, 2.75) is 38.5 Å². The van der Waals surface area contributed by atoms with Gasteiger partial charge in [0.2, 0.25) is 21.8 Å². The Morgan fingerprint density at radius 2 is 1.64 bits per heavy atom. The van der Waals surface area contributed by atoms with Crippen molar-refractivity contribution in [3.05, 3.63) is 29.3 Å². The van der Waals surface area contributed by atoms with Gasteiger partial charge in [-0.1, -0.05) is 6.07 Å². The Bertz CT molecular complexity index is 860. The number of sulfonamides is 1. The topological polar surface area (TPSA) is 78.0 Å². The van der Waals surface area contributed by atoms with Gasteiger partial charge in [0, 0.05) is 46.2 Å². The summed E-state index contributed by atoms with van der Waals surface area (Å²) in [7, 11) is -3.55. The molecule has 2 amide bonds. The second kappa shape index (κ2) is 8.21. The van der Waals surface area contributed by atoms with Gasteiger partial charge in [-0.15, -0.1) is 0 Å². The van der Waals surface area contributed by atoms with Crippen molar-refractivity contribution in [3.63, 3.8) is 0 Å². The number of piperidine rings is 1. The van der Waals surface area contributed by atoms with Crippen LogP contribution in [0.3, 0.4) is 0 Å². The van der Waals surface area contributed by atoms with E-state index in [1.807, 2.05) is 19.9 Å². The molecule has 2 aliphatic heterocycles. The summed E-state index contributed by atoms with van der Waals surface area (Å²) >= 11 is 0. The highest BCUT2D eigenvalue weighted by atomic mass is 32.2. The summed E-state index contributed by atoms with van der Waals surface area (Å²) in [5.41, 5.74) is 2.00. The first-order valence-corrected chi connectivity index (χ1v) is 11.3. The van der Waals surface area contributed by atoms with Crippen molar-refractivity contribution in [1.82, 2.24) is 14.1 Å². The van der Waals surface area contributed by atoms with E-state index in [1.165, 1.54) is 11.2 Å². The average molecular weight is 408 g/mol. The number of piperazine rings is 1. The molecule has 0 radical (unpaired) electrons. The molecule has 2 aliphatic rings. The lowest BCUT2D eigenvalue weighted by molar-refractivity contribution is -0.141. The lowest BCUT2D eigenvalue weighted by Crippen LogP contribution is -2.53. The molecule has 2 fully saturated rings. The Morgan fingerprint density at radius 3 is 2.25 bits per heavy atom. The maximum atomic E-state index is 12.9. The van der Waals surface area contributed by atoms with E-state index < -0.39 is 10.0 Å². The van der Waals surface area contributed by atoms with Crippen molar-refractivity contribution in [2.75, 3.05) is 39.3 Å². The zero-order valence-electron chi connectivity index (χ0n) is 16.8. The zero-order chi connectivity index (χ0) is 20.5. The molecule has 0 unspecified atom stereocenters. The van der Waals surface area contributed by atoms with Gasteiger partial charge in [-0.2, -0.15) is 4.31 Å². The minimum absolute atomic E-state index is 0.00167. The number of carbonyl (C=O) groups is 2. The normalized spacial score (nSPS) is 21.6. The van der Waals surface area contributed by atoms with E-state index >= 15 is 0 Å². The van der Waals surface area contributed by atoms with Crippen LogP contribution >= 0.6 is 0 Å². The molecule has 0 saturated carbocycles. The molecule has 1 aromatic carbocycles. The molecule has 0 aromatic heterocycles. The van der Waals surface area contributed by atoms with Gasteiger partial charge >= 0.3 is 0 Å². The molecule has 8 heteroatoms. The Morgan fingerprint density at radius 1 is 0.964 bits per heavy atom. The molecule has 0 spiro atoms. The van der Waals surface area contributed by atoms with Crippen LogP contribution in [-0.4, -0.2) is 73.6 Å². The van der Waals surface area contributed by atoms with Gasteiger partial charge in [-0.25, -0.2) is 8.42 Å². The third-order valence-corrected chi connectivity index (χ3v) is 7.78. The number of hydrogen-bond donors (Lipinski definition) is 0. The minimum Gasteiger partial charge on any atom is -0.342 e. The predicted molar refractivity (Wildman–Crippen MR) is 106 cm³/mol. The number of aryl methyl sites for hydroxylation is 2. The van der Waals surface area contributed by atoms with Gasteiger partial charge in [-0.05, 0) is 49.9 Å². The van der Waals surface area contributed by atoms with E-state index in [0.717, 1.165) is 24.0 Å². The van der Waals surface area contributed by atoms with E-state index in [2.05, 4.69) is 0 Å². The summed E-state index contributed by atoms with van der Waals surface area (Å²) in [6.07, 6.45) is 1.61. The molecule has 1 aromatic rings. The van der Waals surface area contributed by atoms with E-state index in [4.69, 9.17) is 0 Å². The second-order valence-corrected chi connectivity index (χ2v) is 9.72. The number of benzene rings is 1. The molecule has 0 aliphatic carbocycles. The van der Waals surface area contributed by atoms with Crippen molar-refractivity contribution in [1.29, 1.82) is 0 Å². The maximum absolute atomic E-state index is 12.9. The highest BCUT2D eigenvalue weighted by molar-refractivity contribution is 7.89. The summed E-state index contributed by atoms with van der Waals surface area (Å²) in [6.45, 7) is 7.93. The fourth-order valence-electron chi connectivity index (χ4n) is 3.90. The predicted octanol–water partition coefficient (Wildman–Crippen LogP) is 1.39. The number of likely N-dealkylation sites (tertiary alicyclic amines) is 1. The van der Waals surface area contributed by atoms with E-state index in [1.54, 1.807) is 21.9 Å². The number of carbonyl (C=O) groups excluding carboxylic acids is 2. The molecule has 1 atom stereocenters. The van der Waals surface area contributed by atoms with Gasteiger partial charge in [0.15, 0.2) is 0 Å². The average Bonchev–Trinajstić information content (AvgIpc) is 2.69. The molecule has 0 bridgehead atoms. The Kier molecular flexibility index (Phi) is 6.09. The number of hydrogen-bond acceptors (Lipinski definition) is 4. The molecular formula is C20H29N3O4S. The molecule has 28 heavy (non-hydrogen) atoms. The Hall–Kier alpha value is -1.93. The Labute approximate surface area is 167 Å². The fraction of sp³-hybridized carbons (Fsp3) is 0.600. The number of amides is 2. The van der Waals surface area contributed by atoms with Crippen molar-refractivity contribution < 1.29 is 18.0 Å². The monoisotopic (exact) mass is 407 g/mol. The van der Waals surface area contributed by atoms with Crippen LogP contribution in [0.5, 0.6) is 0 Å². The maximum Gasteiger partial charge on any atom is 0.243 e. The van der Waals surface area contributed by atoms with Crippen LogP contribution in [0.25, 0.3) is 0 Å². The highest BCUT2D eigenvalue weighted by Crippen LogP contribution is 2.23. The molecule has 7 nitrogen and oxygen atoms in total. The SMILES string of the molecule is CC(=O)N1CCC[C@H](C(=O)N2CCN(S(=O)(=O)c3ccc(C)c(C)c3)CC2)C1. The third kappa shape index (κ3) is 4.22. The van der Waals surface area contributed by atoms with Crippen LogP contribution in [0.2, 0.25) is 0 Å². The van der Waals surface area contributed by atoms with Crippen LogP contribution < -0.4 is 0 Å². The van der Waals surface area contributed by atoms with Gasteiger partial charge in [-0.3, -0.25) is 9.59 Å². The molecule has 3 rings (SSSR count). The van der Waals surface area contributed by atoms with Crippen LogP contribution in [0.1, 0.15) is 30.9 Å². The van der Waals surface area contributed by atoms with E-state index in [0.29, 0.717) is 44.2 Å². The fourth-order valence-corrected chi connectivity index (χ4v) is 5.40. The summed E-state index contributed by atoms with van der Waals surface area (Å²) in [5, 5.41) is 0. The Balaban J connectivity index is 1.63. The van der Waals surface area contributed by atoms with Gasteiger partial charge in [0.1, 0.15) is 0 Å². The quantitative estimate of drug-likeness (QED) is 0.759. The molecular weight excluding hydrogens is 378 g/mol. The van der Waals surface area contributed by atoms with Crippen molar-refractivity contribution in [3.8, 4) is 0 Å². The van der Waals surface area contributed by atoms with E-state index in [9.17, 15) is 18.0 Å². The summed E-state index contributed by atoms with van der Waals surface area (Å²) in [4.78, 5) is 28.2. The zero-order valence-corrected chi connectivity index (χ0v) is 17.7. The number of rotatable bonds is 3. The lowest BCUT2D eigenvalue weighted by Gasteiger charge is -2.38. The van der Waals surface area contributed by atoms with Crippen molar-refractivity contribution in [2.24, 2.45) is 5.92 Å². The highest BCUT2D eigenvalue weighted by Gasteiger charge is 2.34. The summed E-state index contributed by atoms with van der Waals surface area (Å²) < 4.78 is 27.3. The van der Waals surface area contributed by atoms with Crippen LogP contribution in [0, 0.1) is 19.8 Å². The largest absolute Gasteiger partial charge is 0.342 e.